The minimum atomic E-state index is -1.97. The molecule has 0 aliphatic carbocycles. The zero-order valence-corrected chi connectivity index (χ0v) is 2.33. The maximum absolute atomic E-state index is 10.4. The average Bonchev–Trinajstić information content (AvgIpc) is 1.38. The second-order valence-corrected chi connectivity index (χ2v) is 0.405. The van der Waals surface area contributed by atoms with Gasteiger partial charge in [-0.3, -0.25) is 8.78 Å². The maximum atomic E-state index is 10.4. The Morgan fingerprint density at radius 1 is 1.60 bits per heavy atom. The average molecular weight is 75.0 g/mol. The lowest BCUT2D eigenvalue weighted by Crippen LogP contribution is -1.61. The van der Waals surface area contributed by atoms with E-state index < -0.39 is 6.43 Å². The number of halogens is 2. The fraction of sp³-hybridized carbons (Fsp3) is 0. The molecule has 0 aliphatic heterocycles. The van der Waals surface area contributed by atoms with E-state index in [0.29, 0.717) is 0 Å². The topological polar surface area (TPSA) is 0 Å². The van der Waals surface area contributed by atoms with E-state index in [4.69, 9.17) is 0 Å². The summed E-state index contributed by atoms with van der Waals surface area (Å²) >= 11 is 0. The highest BCUT2D eigenvalue weighted by Gasteiger charge is 1.72. The van der Waals surface area contributed by atoms with Gasteiger partial charge in [0, 0.05) is 0 Å². The summed E-state index contributed by atoms with van der Waals surface area (Å²) in [4.78, 5) is 0. The number of hydrogen-bond acceptors (Lipinski definition) is 0. The molecule has 0 radical (unpaired) electrons. The first-order valence-corrected chi connectivity index (χ1v) is 0.917. The minimum Gasteiger partial charge on any atom is -0.339 e. The van der Waals surface area contributed by atoms with Gasteiger partial charge in [0.05, 0.1) is 0 Å². The molecule has 0 aromatic rings. The largest absolute Gasteiger partial charge is 0.339 e. The molecule has 0 heterocycles. The van der Waals surface area contributed by atoms with Crippen LogP contribution in [0.2, 0.25) is 0 Å². The number of rotatable bonds is 0. The molecule has 5 heavy (non-hydrogen) atoms. The molecule has 0 saturated carbocycles. The standard InChI is InChI=1S/C3HF2/c1-2-3(4)5/h1H/q-1. The molecule has 0 rings (SSSR count). The van der Waals surface area contributed by atoms with Gasteiger partial charge in [0.2, 0.25) is 0 Å². The Morgan fingerprint density at radius 2 is 1.80 bits per heavy atom. The SMILES string of the molecule is C#C[C-](F)F. The molecule has 0 aliphatic rings. The number of hydrogen-bond donors (Lipinski definition) is 0. The fourth-order valence-corrected chi connectivity index (χ4v) is 0. The molecule has 0 aromatic heterocycles. The highest BCUT2D eigenvalue weighted by atomic mass is 19.3. The monoisotopic (exact) mass is 75.0 g/mol. The Bertz CT molecular complexity index is 50.4. The Morgan fingerprint density at radius 3 is 1.80 bits per heavy atom. The van der Waals surface area contributed by atoms with Crippen molar-refractivity contribution in [2.75, 3.05) is 0 Å². The summed E-state index contributed by atoms with van der Waals surface area (Å²) in [5.41, 5.74) is 0. The summed E-state index contributed by atoms with van der Waals surface area (Å²) in [6.07, 6.45) is 2.17. The van der Waals surface area contributed by atoms with E-state index in [9.17, 15) is 8.78 Å². The molecule has 2 heteroatoms. The van der Waals surface area contributed by atoms with Crippen LogP contribution in [0.25, 0.3) is 0 Å². The van der Waals surface area contributed by atoms with Crippen molar-refractivity contribution in [2.45, 2.75) is 0 Å². The Balaban J connectivity index is 2.94. The first kappa shape index (κ1) is 4.29. The summed E-state index contributed by atoms with van der Waals surface area (Å²) in [7, 11) is 0. The predicted molar refractivity (Wildman–Crippen MR) is 14.3 cm³/mol. The van der Waals surface area contributed by atoms with E-state index in [0.717, 1.165) is 5.92 Å². The van der Waals surface area contributed by atoms with E-state index in [1.54, 1.807) is 0 Å². The van der Waals surface area contributed by atoms with Gasteiger partial charge in [-0.05, 0) is 0 Å². The van der Waals surface area contributed by atoms with Crippen LogP contribution in [0.5, 0.6) is 0 Å². The molecule has 0 fully saturated rings. The predicted octanol–water partition coefficient (Wildman–Crippen LogP) is 1.05. The third kappa shape index (κ3) is 3.29. The van der Waals surface area contributed by atoms with Crippen LogP contribution in [0, 0.1) is 18.8 Å². The quantitative estimate of drug-likeness (QED) is 0.298. The van der Waals surface area contributed by atoms with Crippen LogP contribution in [0.4, 0.5) is 8.78 Å². The van der Waals surface area contributed by atoms with Gasteiger partial charge >= 0.3 is 0 Å². The summed E-state index contributed by atoms with van der Waals surface area (Å²) in [5, 5.41) is 0. The van der Waals surface area contributed by atoms with Crippen molar-refractivity contribution < 1.29 is 8.78 Å². The molecular formula is C3HF2-. The van der Waals surface area contributed by atoms with Crippen LogP contribution in [-0.4, -0.2) is 0 Å². The molecule has 0 bridgehead atoms. The highest BCUT2D eigenvalue weighted by molar-refractivity contribution is 5.00. The van der Waals surface area contributed by atoms with E-state index in [-0.39, 0.29) is 0 Å². The Hall–Kier alpha value is -0.710. The van der Waals surface area contributed by atoms with E-state index in [2.05, 4.69) is 6.42 Å². The highest BCUT2D eigenvalue weighted by Crippen LogP contribution is 1.95. The summed E-state index contributed by atoms with van der Waals surface area (Å²) in [6.45, 7) is 0. The van der Waals surface area contributed by atoms with Gasteiger partial charge < -0.3 is 6.42 Å². The lowest BCUT2D eigenvalue weighted by molar-refractivity contribution is 0.343. The molecule has 0 aromatic carbocycles. The summed E-state index contributed by atoms with van der Waals surface area (Å²) in [6, 6.07) is 0. The van der Waals surface area contributed by atoms with Gasteiger partial charge in [-0.25, -0.2) is 5.92 Å². The zero-order chi connectivity index (χ0) is 4.28. The van der Waals surface area contributed by atoms with Crippen molar-refractivity contribution in [1.29, 1.82) is 0 Å². The molecule has 28 valence electrons. The molecular weight excluding hydrogens is 74.0 g/mol. The van der Waals surface area contributed by atoms with Crippen molar-refractivity contribution in [2.24, 2.45) is 0 Å². The van der Waals surface area contributed by atoms with Crippen LogP contribution in [0.1, 0.15) is 0 Å². The van der Waals surface area contributed by atoms with Crippen LogP contribution in [0.3, 0.4) is 0 Å². The van der Waals surface area contributed by atoms with Crippen molar-refractivity contribution >= 4 is 0 Å². The molecule has 0 nitrogen and oxygen atoms in total. The fourth-order valence-electron chi connectivity index (χ4n) is 0. The van der Waals surface area contributed by atoms with Gasteiger partial charge in [-0.15, -0.1) is 0 Å². The van der Waals surface area contributed by atoms with Crippen LogP contribution in [0.15, 0.2) is 0 Å². The molecule has 0 unspecified atom stereocenters. The van der Waals surface area contributed by atoms with Crippen LogP contribution in [-0.2, 0) is 0 Å². The lowest BCUT2D eigenvalue weighted by Gasteiger charge is -1.84. The molecule has 0 saturated heterocycles. The Kier molecular flexibility index (Phi) is 1.37. The second kappa shape index (κ2) is 1.59. The normalized spacial score (nSPS) is 5.80. The van der Waals surface area contributed by atoms with Gasteiger partial charge in [-0.2, -0.15) is 0 Å². The molecule has 0 N–H and O–H groups in total. The van der Waals surface area contributed by atoms with Gasteiger partial charge in [0.1, 0.15) is 0 Å². The summed E-state index contributed by atoms with van der Waals surface area (Å²) < 4.78 is 20.9. The summed E-state index contributed by atoms with van der Waals surface area (Å²) in [5.74, 6) is 1.11. The molecule has 0 spiro atoms. The first-order valence-electron chi connectivity index (χ1n) is 0.917. The van der Waals surface area contributed by atoms with Gasteiger partial charge in [0.15, 0.2) is 6.43 Å². The maximum Gasteiger partial charge on any atom is 0.153 e. The van der Waals surface area contributed by atoms with Crippen molar-refractivity contribution in [3.63, 3.8) is 0 Å². The second-order valence-electron chi connectivity index (χ2n) is 0.405. The first-order chi connectivity index (χ1) is 2.27. The Labute approximate surface area is 28.8 Å². The van der Waals surface area contributed by atoms with Crippen molar-refractivity contribution in [3.8, 4) is 12.3 Å². The van der Waals surface area contributed by atoms with Gasteiger partial charge in [-0.1, -0.05) is 0 Å². The van der Waals surface area contributed by atoms with E-state index in [1.807, 2.05) is 0 Å². The van der Waals surface area contributed by atoms with E-state index in [1.165, 1.54) is 0 Å². The third-order valence-electron chi connectivity index (χ3n) is 0.109. The van der Waals surface area contributed by atoms with Crippen LogP contribution < -0.4 is 0 Å². The third-order valence-corrected chi connectivity index (χ3v) is 0.109. The smallest absolute Gasteiger partial charge is 0.153 e. The van der Waals surface area contributed by atoms with Gasteiger partial charge in [0.25, 0.3) is 0 Å². The number of terminal acetylenes is 1. The zero-order valence-electron chi connectivity index (χ0n) is 2.33. The van der Waals surface area contributed by atoms with Crippen molar-refractivity contribution in [1.82, 2.24) is 0 Å². The minimum absolute atomic E-state index is 1.11. The van der Waals surface area contributed by atoms with E-state index >= 15 is 0 Å². The molecule has 0 atom stereocenters. The lowest BCUT2D eigenvalue weighted by atomic mass is 10.8. The molecule has 0 amide bonds. The van der Waals surface area contributed by atoms with Crippen LogP contribution >= 0.6 is 0 Å². The van der Waals surface area contributed by atoms with Crippen molar-refractivity contribution in [3.05, 3.63) is 6.43 Å².